The molecule has 3 nitrogen and oxygen atoms in total. The van der Waals surface area contributed by atoms with E-state index in [0.717, 1.165) is 12.1 Å². The maximum absolute atomic E-state index is 13.8. The third-order valence-corrected chi connectivity index (χ3v) is 3.22. The van der Waals surface area contributed by atoms with Gasteiger partial charge in [0, 0.05) is 11.1 Å². The summed E-state index contributed by atoms with van der Waals surface area (Å²) in [6.45, 7) is 0. The van der Waals surface area contributed by atoms with Crippen LogP contribution in [0.25, 0.3) is 11.3 Å². The zero-order chi connectivity index (χ0) is 15.1. The minimum Gasteiger partial charge on any atom is -0.398 e. The molecule has 0 saturated heterocycles. The van der Waals surface area contributed by atoms with Gasteiger partial charge in [0.15, 0.2) is 0 Å². The van der Waals surface area contributed by atoms with E-state index in [9.17, 15) is 17.6 Å². The molecule has 1 aromatic carbocycles. The molecule has 2 aromatic rings. The Morgan fingerprint density at radius 2 is 1.95 bits per heavy atom. The predicted molar refractivity (Wildman–Crippen MR) is 68.0 cm³/mol. The monoisotopic (exact) mass is 327 g/mol. The Kier molecular flexibility index (Phi) is 3.84. The minimum absolute atomic E-state index is 0.0279. The topological polar surface area (TPSA) is 54.7 Å². The maximum Gasteiger partial charge on any atom is 0.433 e. The van der Waals surface area contributed by atoms with Crippen LogP contribution in [0.3, 0.4) is 0 Å². The molecule has 0 atom stereocenters. The first-order valence-electron chi connectivity index (χ1n) is 5.21. The molecule has 20 heavy (non-hydrogen) atoms. The van der Waals surface area contributed by atoms with Gasteiger partial charge in [0.05, 0.1) is 16.6 Å². The molecule has 0 aliphatic rings. The van der Waals surface area contributed by atoms with Gasteiger partial charge >= 0.3 is 6.18 Å². The van der Waals surface area contributed by atoms with Crippen molar-refractivity contribution in [2.45, 2.75) is 12.1 Å². The quantitative estimate of drug-likeness (QED) is 0.493. The Balaban J connectivity index is 2.65. The van der Waals surface area contributed by atoms with E-state index in [0.29, 0.717) is 0 Å². The number of aromatic amines is 1. The van der Waals surface area contributed by atoms with Crippen molar-refractivity contribution in [2.24, 2.45) is 0 Å². The summed E-state index contributed by atoms with van der Waals surface area (Å²) in [4.78, 5) is 0. The molecular weight excluding hydrogens is 321 g/mol. The predicted octanol–water partition coefficient (Wildman–Crippen LogP) is 4.21. The third-order valence-electron chi connectivity index (χ3n) is 2.63. The van der Waals surface area contributed by atoms with Crippen molar-refractivity contribution in [3.8, 4) is 11.3 Å². The summed E-state index contributed by atoms with van der Waals surface area (Å²) in [5, 5.41) is 5.28. The Morgan fingerprint density at radius 3 is 2.50 bits per heavy atom. The summed E-state index contributed by atoms with van der Waals surface area (Å²) in [6.07, 6.45) is -4.66. The van der Waals surface area contributed by atoms with Gasteiger partial charge in [0.1, 0.15) is 17.2 Å². The van der Waals surface area contributed by atoms with Crippen molar-refractivity contribution in [3.63, 3.8) is 0 Å². The molecule has 0 spiro atoms. The molecule has 0 saturated carbocycles. The molecule has 0 bridgehead atoms. The van der Waals surface area contributed by atoms with Crippen LogP contribution in [0.15, 0.2) is 12.1 Å². The van der Waals surface area contributed by atoms with Gasteiger partial charge < -0.3 is 5.73 Å². The Morgan fingerprint density at radius 1 is 1.30 bits per heavy atom. The summed E-state index contributed by atoms with van der Waals surface area (Å²) in [5.41, 5.74) is 3.64. The molecule has 0 aliphatic carbocycles. The first-order chi connectivity index (χ1) is 9.25. The van der Waals surface area contributed by atoms with E-state index < -0.39 is 23.6 Å². The number of nitrogens with one attached hydrogen (secondary N) is 1. The van der Waals surface area contributed by atoms with Crippen LogP contribution in [0.4, 0.5) is 23.2 Å². The van der Waals surface area contributed by atoms with E-state index in [4.69, 9.17) is 28.9 Å². The lowest BCUT2D eigenvalue weighted by atomic mass is 10.1. The number of rotatable bonds is 2. The fourth-order valence-corrected chi connectivity index (χ4v) is 2.11. The molecule has 0 fully saturated rings. The number of nitrogen functional groups attached to an aromatic ring is 1. The zero-order valence-corrected chi connectivity index (χ0v) is 11.2. The summed E-state index contributed by atoms with van der Waals surface area (Å²) in [6, 6.07) is 2.02. The fraction of sp³-hybridized carbons (Fsp3) is 0.182. The van der Waals surface area contributed by atoms with Crippen molar-refractivity contribution in [2.75, 3.05) is 5.73 Å². The van der Waals surface area contributed by atoms with E-state index >= 15 is 0 Å². The first-order valence-corrected chi connectivity index (χ1v) is 6.12. The molecule has 9 heteroatoms. The average molecular weight is 328 g/mol. The van der Waals surface area contributed by atoms with Gasteiger partial charge in [0.2, 0.25) is 0 Å². The smallest absolute Gasteiger partial charge is 0.398 e. The van der Waals surface area contributed by atoms with Crippen LogP contribution in [0.1, 0.15) is 11.3 Å². The SMILES string of the molecule is Nc1cc(-c2n[nH]c(C(F)(F)F)c2CCl)c(F)cc1Cl. The van der Waals surface area contributed by atoms with Crippen LogP contribution < -0.4 is 5.73 Å². The second-order valence-electron chi connectivity index (χ2n) is 3.91. The van der Waals surface area contributed by atoms with E-state index in [1.54, 1.807) is 0 Å². The number of anilines is 1. The largest absolute Gasteiger partial charge is 0.433 e. The van der Waals surface area contributed by atoms with Gasteiger partial charge in [-0.05, 0) is 12.1 Å². The Hall–Kier alpha value is -1.47. The number of benzene rings is 1. The van der Waals surface area contributed by atoms with Gasteiger partial charge in [-0.1, -0.05) is 11.6 Å². The van der Waals surface area contributed by atoms with Gasteiger partial charge in [0.25, 0.3) is 0 Å². The number of nitrogens with zero attached hydrogens (tertiary/aromatic N) is 1. The maximum atomic E-state index is 13.8. The van der Waals surface area contributed by atoms with Gasteiger partial charge in [-0.25, -0.2) is 4.39 Å². The molecule has 0 unspecified atom stereocenters. The molecule has 0 radical (unpaired) electrons. The lowest BCUT2D eigenvalue weighted by Crippen LogP contribution is -2.08. The molecule has 1 aromatic heterocycles. The fourth-order valence-electron chi connectivity index (χ4n) is 1.70. The van der Waals surface area contributed by atoms with Crippen LogP contribution in [-0.4, -0.2) is 10.2 Å². The van der Waals surface area contributed by atoms with Crippen LogP contribution in [0.2, 0.25) is 5.02 Å². The molecule has 1 heterocycles. The summed E-state index contributed by atoms with van der Waals surface area (Å²) >= 11 is 11.1. The second-order valence-corrected chi connectivity index (χ2v) is 4.59. The van der Waals surface area contributed by atoms with E-state index in [-0.39, 0.29) is 27.5 Å². The second kappa shape index (κ2) is 5.14. The number of aromatic nitrogens is 2. The highest BCUT2D eigenvalue weighted by Gasteiger charge is 2.37. The van der Waals surface area contributed by atoms with E-state index in [1.807, 2.05) is 5.10 Å². The number of H-pyrrole nitrogens is 1. The number of nitrogens with two attached hydrogens (primary N) is 1. The van der Waals surface area contributed by atoms with Gasteiger partial charge in [-0.2, -0.15) is 18.3 Å². The van der Waals surface area contributed by atoms with E-state index in [1.165, 1.54) is 0 Å². The minimum atomic E-state index is -4.66. The zero-order valence-electron chi connectivity index (χ0n) is 9.65. The number of hydrogen-bond donors (Lipinski definition) is 2. The first kappa shape index (κ1) is 14.9. The standard InChI is InChI=1S/C11H7Cl2F4N3/c12-3-5-9(19-20-10(5)11(15,16)17)4-1-8(18)6(13)2-7(4)14/h1-2H,3,18H2,(H,19,20). The lowest BCUT2D eigenvalue weighted by molar-refractivity contribution is -0.141. The van der Waals surface area contributed by atoms with Crippen LogP contribution >= 0.6 is 23.2 Å². The molecule has 0 amide bonds. The van der Waals surface area contributed by atoms with Crippen LogP contribution in [-0.2, 0) is 12.1 Å². The lowest BCUT2D eigenvalue weighted by Gasteiger charge is -2.08. The van der Waals surface area contributed by atoms with Gasteiger partial charge in [-0.15, -0.1) is 11.6 Å². The molecule has 108 valence electrons. The third kappa shape index (κ3) is 2.55. The summed E-state index contributed by atoms with van der Waals surface area (Å²) in [5.74, 6) is -1.32. The summed E-state index contributed by atoms with van der Waals surface area (Å²) in [7, 11) is 0. The molecule has 0 aliphatic heterocycles. The average Bonchev–Trinajstić information content (AvgIpc) is 2.77. The van der Waals surface area contributed by atoms with Crippen LogP contribution in [0, 0.1) is 5.82 Å². The number of halogens is 6. The van der Waals surface area contributed by atoms with Crippen molar-refractivity contribution >= 4 is 28.9 Å². The van der Waals surface area contributed by atoms with Crippen molar-refractivity contribution in [1.82, 2.24) is 10.2 Å². The van der Waals surface area contributed by atoms with Crippen molar-refractivity contribution in [1.29, 1.82) is 0 Å². The molecular formula is C11H7Cl2F4N3. The highest BCUT2D eigenvalue weighted by molar-refractivity contribution is 6.33. The number of hydrogen-bond acceptors (Lipinski definition) is 2. The van der Waals surface area contributed by atoms with Crippen molar-refractivity contribution < 1.29 is 17.6 Å². The Bertz CT molecular complexity index is 652. The highest BCUT2D eigenvalue weighted by atomic mass is 35.5. The van der Waals surface area contributed by atoms with Gasteiger partial charge in [-0.3, -0.25) is 5.10 Å². The summed E-state index contributed by atoms with van der Waals surface area (Å²) < 4.78 is 52.0. The number of alkyl halides is 4. The van der Waals surface area contributed by atoms with E-state index in [2.05, 4.69) is 5.10 Å². The normalized spacial score (nSPS) is 11.9. The highest BCUT2D eigenvalue weighted by Crippen LogP contribution is 2.37. The van der Waals surface area contributed by atoms with Crippen LogP contribution in [0.5, 0.6) is 0 Å². The van der Waals surface area contributed by atoms with Crippen molar-refractivity contribution in [3.05, 3.63) is 34.2 Å². The molecule has 3 N–H and O–H groups in total. The Labute approximate surface area is 120 Å². The molecule has 2 rings (SSSR count).